The van der Waals surface area contributed by atoms with E-state index in [9.17, 15) is 9.59 Å². The quantitative estimate of drug-likeness (QED) is 0.561. The molecule has 3 heterocycles. The Hall–Kier alpha value is -4.34. The van der Waals surface area contributed by atoms with E-state index in [1.165, 1.54) is 15.7 Å². The lowest BCUT2D eigenvalue weighted by Gasteiger charge is -2.28. The van der Waals surface area contributed by atoms with E-state index in [4.69, 9.17) is 28.1 Å². The number of aromatic nitrogens is 1. The molecule has 0 radical (unpaired) electrons. The highest BCUT2D eigenvalue weighted by Crippen LogP contribution is 2.38. The van der Waals surface area contributed by atoms with Crippen LogP contribution in [0.25, 0.3) is 11.4 Å². The molecule has 10 heteroatoms. The van der Waals surface area contributed by atoms with E-state index in [0.29, 0.717) is 34.4 Å². The molecule has 0 N–H and O–H groups in total. The number of benzene rings is 2. The molecule has 2 aliphatic heterocycles. The highest BCUT2D eigenvalue weighted by Gasteiger charge is 2.30. The van der Waals surface area contributed by atoms with Gasteiger partial charge < -0.3 is 28.1 Å². The number of carbonyl (C=O) groups excluding carboxylic acids is 1. The number of amides is 1. The number of fused-ring (bicyclic) bond motifs is 2. The minimum atomic E-state index is -0.773. The molecular weight excluding hydrogens is 444 g/mol. The molecule has 176 valence electrons. The molecule has 1 aromatic heterocycles. The molecule has 0 fully saturated rings. The molecule has 0 saturated carbocycles. The SMILES string of the molecule is C=C(c1cn(-c2ccc3c(c2)OCO3)c(=O)o1)N(C(=O)OC(C)(C)C)c1ccc2c(c1)OCO2. The summed E-state index contributed by atoms with van der Waals surface area (Å²) in [5.74, 6) is 1.54. The van der Waals surface area contributed by atoms with Crippen LogP contribution in [0.5, 0.6) is 23.0 Å². The molecule has 0 saturated heterocycles. The topological polar surface area (TPSA) is 102 Å². The van der Waals surface area contributed by atoms with Crippen molar-refractivity contribution in [3.8, 4) is 28.7 Å². The minimum Gasteiger partial charge on any atom is -0.454 e. The summed E-state index contributed by atoms with van der Waals surface area (Å²) in [4.78, 5) is 27.1. The van der Waals surface area contributed by atoms with Crippen molar-refractivity contribution >= 4 is 17.5 Å². The average molecular weight is 466 g/mol. The first-order valence-corrected chi connectivity index (χ1v) is 10.4. The van der Waals surface area contributed by atoms with Gasteiger partial charge >= 0.3 is 11.8 Å². The van der Waals surface area contributed by atoms with Crippen LogP contribution in [0.2, 0.25) is 0 Å². The summed E-state index contributed by atoms with van der Waals surface area (Å²) in [6.45, 7) is 9.47. The van der Waals surface area contributed by atoms with E-state index < -0.39 is 17.5 Å². The molecular formula is C24H22N2O8. The number of rotatable bonds is 4. The first-order valence-electron chi connectivity index (χ1n) is 10.4. The molecule has 3 aromatic rings. The number of anilines is 1. The normalized spacial score (nSPS) is 13.6. The van der Waals surface area contributed by atoms with Gasteiger partial charge in [-0.05, 0) is 45.0 Å². The molecule has 0 atom stereocenters. The van der Waals surface area contributed by atoms with E-state index >= 15 is 0 Å². The van der Waals surface area contributed by atoms with E-state index in [-0.39, 0.29) is 25.0 Å². The van der Waals surface area contributed by atoms with Crippen molar-refractivity contribution < 1.29 is 32.9 Å². The molecule has 34 heavy (non-hydrogen) atoms. The summed E-state index contributed by atoms with van der Waals surface area (Å²) < 4.78 is 33.8. The van der Waals surface area contributed by atoms with Crippen LogP contribution >= 0.6 is 0 Å². The lowest BCUT2D eigenvalue weighted by Crippen LogP contribution is -2.35. The van der Waals surface area contributed by atoms with Crippen LogP contribution in [0.15, 0.2) is 58.4 Å². The zero-order chi connectivity index (χ0) is 24.0. The maximum absolute atomic E-state index is 13.2. The van der Waals surface area contributed by atoms with Crippen molar-refractivity contribution in [1.29, 1.82) is 0 Å². The van der Waals surface area contributed by atoms with Gasteiger partial charge in [0.15, 0.2) is 28.8 Å². The van der Waals surface area contributed by atoms with Gasteiger partial charge in [0.25, 0.3) is 0 Å². The van der Waals surface area contributed by atoms with Crippen molar-refractivity contribution in [3.05, 3.63) is 65.5 Å². The maximum atomic E-state index is 13.2. The van der Waals surface area contributed by atoms with Crippen molar-refractivity contribution in [3.63, 3.8) is 0 Å². The second-order valence-electron chi connectivity index (χ2n) is 8.57. The van der Waals surface area contributed by atoms with E-state index in [0.717, 1.165) is 0 Å². The van der Waals surface area contributed by atoms with Crippen LogP contribution < -0.4 is 29.6 Å². The number of nitrogens with zero attached hydrogens (tertiary/aromatic N) is 2. The Labute approximate surface area is 194 Å². The third-order valence-electron chi connectivity index (χ3n) is 5.02. The number of ether oxygens (including phenoxy) is 5. The largest absolute Gasteiger partial charge is 0.454 e. The zero-order valence-corrected chi connectivity index (χ0v) is 18.8. The van der Waals surface area contributed by atoms with Crippen LogP contribution in [0.1, 0.15) is 26.5 Å². The summed E-state index contributed by atoms with van der Waals surface area (Å²) in [5.41, 5.74) is 0.237. The van der Waals surface area contributed by atoms with E-state index in [1.54, 1.807) is 57.2 Å². The first-order chi connectivity index (χ1) is 16.2. The predicted octanol–water partition coefficient (Wildman–Crippen LogP) is 4.30. The molecule has 2 aromatic carbocycles. The van der Waals surface area contributed by atoms with Crippen LogP contribution in [0.4, 0.5) is 10.5 Å². The van der Waals surface area contributed by atoms with Gasteiger partial charge in [0.2, 0.25) is 13.6 Å². The van der Waals surface area contributed by atoms with Gasteiger partial charge in [0, 0.05) is 12.1 Å². The second kappa shape index (κ2) is 7.91. The van der Waals surface area contributed by atoms with Crippen molar-refractivity contribution in [2.45, 2.75) is 26.4 Å². The van der Waals surface area contributed by atoms with Crippen LogP contribution in [-0.2, 0) is 4.74 Å². The molecule has 5 rings (SSSR count). The summed E-state index contributed by atoms with van der Waals surface area (Å²) in [6, 6.07) is 10.0. The molecule has 1 amide bonds. The summed E-state index contributed by atoms with van der Waals surface area (Å²) in [6.07, 6.45) is 0.752. The molecule has 0 spiro atoms. The fraction of sp³-hybridized carbons (Fsp3) is 0.250. The fourth-order valence-electron chi connectivity index (χ4n) is 3.50. The number of hydrogen-bond acceptors (Lipinski definition) is 8. The standard InChI is InChI=1S/C24H22N2O8/c1-14(21-11-25(22(27)33-21)15-5-7-17-19(9-15)31-12-29-17)26(23(28)34-24(2,3)4)16-6-8-18-20(10-16)32-13-30-18/h5-11H,1,12-13H2,2-4H3. The molecule has 2 aliphatic rings. The van der Waals surface area contributed by atoms with Gasteiger partial charge in [-0.3, -0.25) is 0 Å². The third kappa shape index (κ3) is 3.94. The van der Waals surface area contributed by atoms with Crippen molar-refractivity contribution in [2.24, 2.45) is 0 Å². The summed E-state index contributed by atoms with van der Waals surface area (Å²) in [5, 5.41) is 0. The molecule has 0 aliphatic carbocycles. The third-order valence-corrected chi connectivity index (χ3v) is 5.02. The lowest BCUT2D eigenvalue weighted by molar-refractivity contribution is 0.0600. The van der Waals surface area contributed by atoms with E-state index in [1.807, 2.05) is 0 Å². The highest BCUT2D eigenvalue weighted by molar-refractivity contribution is 6.01. The van der Waals surface area contributed by atoms with Gasteiger partial charge in [-0.2, -0.15) is 0 Å². The van der Waals surface area contributed by atoms with E-state index in [2.05, 4.69) is 6.58 Å². The minimum absolute atomic E-state index is 0.0752. The van der Waals surface area contributed by atoms with Gasteiger partial charge in [0.05, 0.1) is 23.3 Å². The maximum Gasteiger partial charge on any atom is 0.424 e. The van der Waals surface area contributed by atoms with Gasteiger partial charge in [-0.25, -0.2) is 19.1 Å². The fourth-order valence-corrected chi connectivity index (χ4v) is 3.50. The average Bonchev–Trinajstić information content (AvgIpc) is 3.50. The van der Waals surface area contributed by atoms with Crippen LogP contribution in [0, 0.1) is 0 Å². The Morgan fingerprint density at radius 1 is 0.971 bits per heavy atom. The Kier molecular flexibility index (Phi) is 5.00. The first kappa shape index (κ1) is 21.5. The Balaban J connectivity index is 1.52. The summed E-state index contributed by atoms with van der Waals surface area (Å²) >= 11 is 0. The number of carbonyl (C=O) groups is 1. The Morgan fingerprint density at radius 3 is 2.26 bits per heavy atom. The molecule has 0 unspecified atom stereocenters. The van der Waals surface area contributed by atoms with Gasteiger partial charge in [0.1, 0.15) is 5.60 Å². The number of oxazole rings is 1. The highest BCUT2D eigenvalue weighted by atomic mass is 16.7. The molecule has 0 bridgehead atoms. The van der Waals surface area contributed by atoms with Crippen LogP contribution in [0.3, 0.4) is 0 Å². The van der Waals surface area contributed by atoms with Crippen molar-refractivity contribution in [2.75, 3.05) is 18.5 Å². The second-order valence-corrected chi connectivity index (χ2v) is 8.57. The Bertz CT molecular complexity index is 1350. The van der Waals surface area contributed by atoms with Gasteiger partial charge in [-0.15, -0.1) is 0 Å². The molecule has 10 nitrogen and oxygen atoms in total. The summed E-state index contributed by atoms with van der Waals surface area (Å²) in [7, 11) is 0. The smallest absolute Gasteiger partial charge is 0.424 e. The number of hydrogen-bond donors (Lipinski definition) is 0. The lowest BCUT2D eigenvalue weighted by atomic mass is 10.2. The monoisotopic (exact) mass is 466 g/mol. The zero-order valence-electron chi connectivity index (χ0n) is 18.8. The van der Waals surface area contributed by atoms with Gasteiger partial charge in [-0.1, -0.05) is 6.58 Å². The predicted molar refractivity (Wildman–Crippen MR) is 121 cm³/mol. The van der Waals surface area contributed by atoms with Crippen molar-refractivity contribution in [1.82, 2.24) is 4.57 Å². The Morgan fingerprint density at radius 2 is 1.59 bits per heavy atom. The van der Waals surface area contributed by atoms with Crippen LogP contribution in [-0.4, -0.2) is 29.8 Å².